The van der Waals surface area contributed by atoms with Gasteiger partial charge in [-0.3, -0.25) is 9.59 Å². The van der Waals surface area contributed by atoms with E-state index in [0.29, 0.717) is 11.4 Å². The minimum absolute atomic E-state index is 0.380. The number of likely N-dealkylation sites (N-methyl/N-ethyl adjacent to an activating group) is 2. The number of rotatable bonds is 9. The summed E-state index contributed by atoms with van der Waals surface area (Å²) in [7, 11) is 5.88. The molecule has 1 amide bonds. The van der Waals surface area contributed by atoms with Gasteiger partial charge in [-0.1, -0.05) is 30.3 Å². The molecule has 7 heteroatoms. The molecule has 0 saturated heterocycles. The Hall–Kier alpha value is -4.39. The fourth-order valence-electron chi connectivity index (χ4n) is 4.50. The third kappa shape index (κ3) is 5.94. The monoisotopic (exact) mass is 509 g/mol. The standard InChI is InChI=1S/C31H35N5O2/c1-21-18-22(2)32-28(19-21)35(5)17-16-34(4)26-14-12-25(13-15-26)33-31(38)30(37)29-27(20-23(3)36(29)6)24-10-8-7-9-11-24/h7-15,18-20H,16-17H2,1-6H3,(H,33,38). The first-order valence-corrected chi connectivity index (χ1v) is 12.7. The summed E-state index contributed by atoms with van der Waals surface area (Å²) in [6, 6.07) is 23.3. The zero-order valence-corrected chi connectivity index (χ0v) is 22.9. The Morgan fingerprint density at radius 3 is 2.18 bits per heavy atom. The highest BCUT2D eigenvalue weighted by Gasteiger charge is 2.25. The SMILES string of the molecule is Cc1cc(C)nc(N(C)CCN(C)c2ccc(NC(=O)C(=O)c3c(-c4ccccc4)cc(C)n3C)cc2)c1. The number of carbonyl (C=O) groups is 2. The van der Waals surface area contributed by atoms with Crippen LogP contribution in [-0.4, -0.2) is 48.4 Å². The lowest BCUT2D eigenvalue weighted by Gasteiger charge is -2.25. The fraction of sp³-hybridized carbons (Fsp3) is 0.258. The normalized spacial score (nSPS) is 10.8. The minimum atomic E-state index is -0.660. The van der Waals surface area contributed by atoms with E-state index >= 15 is 0 Å². The molecule has 4 rings (SSSR count). The highest BCUT2D eigenvalue weighted by Crippen LogP contribution is 2.27. The predicted molar refractivity (Wildman–Crippen MR) is 155 cm³/mol. The lowest BCUT2D eigenvalue weighted by Crippen LogP contribution is -2.31. The van der Waals surface area contributed by atoms with E-state index in [9.17, 15) is 9.59 Å². The number of nitrogens with zero attached hydrogens (tertiary/aromatic N) is 4. The number of Topliss-reactive ketones (excluding diaryl/α,β-unsaturated/α-hetero) is 1. The van der Waals surface area contributed by atoms with E-state index in [-0.39, 0.29) is 0 Å². The number of nitrogens with one attached hydrogen (secondary N) is 1. The van der Waals surface area contributed by atoms with E-state index < -0.39 is 11.7 Å². The van der Waals surface area contributed by atoms with Crippen molar-refractivity contribution in [3.8, 4) is 11.1 Å². The first-order chi connectivity index (χ1) is 18.1. The number of amides is 1. The van der Waals surface area contributed by atoms with Crippen molar-refractivity contribution in [2.45, 2.75) is 20.8 Å². The maximum atomic E-state index is 13.2. The van der Waals surface area contributed by atoms with Gasteiger partial charge >= 0.3 is 0 Å². The molecule has 2 aromatic heterocycles. The van der Waals surface area contributed by atoms with Crippen LogP contribution in [0.25, 0.3) is 11.1 Å². The first kappa shape index (κ1) is 26.7. The molecule has 0 atom stereocenters. The van der Waals surface area contributed by atoms with Crippen LogP contribution in [0.2, 0.25) is 0 Å². The van der Waals surface area contributed by atoms with Gasteiger partial charge in [-0.15, -0.1) is 0 Å². The number of pyridine rings is 1. The Morgan fingerprint density at radius 1 is 0.868 bits per heavy atom. The lowest BCUT2D eigenvalue weighted by atomic mass is 10.0. The molecule has 0 fully saturated rings. The molecule has 0 bridgehead atoms. The molecule has 196 valence electrons. The van der Waals surface area contributed by atoms with E-state index in [1.807, 2.05) is 88.6 Å². The maximum absolute atomic E-state index is 13.2. The Balaban J connectivity index is 1.40. The molecule has 0 aliphatic rings. The van der Waals surface area contributed by atoms with Crippen LogP contribution in [0.5, 0.6) is 0 Å². The Bertz CT molecular complexity index is 1420. The minimum Gasteiger partial charge on any atom is -0.373 e. The Morgan fingerprint density at radius 2 is 1.53 bits per heavy atom. The van der Waals surface area contributed by atoms with Crippen LogP contribution in [0.3, 0.4) is 0 Å². The number of carbonyl (C=O) groups excluding carboxylic acids is 2. The topological polar surface area (TPSA) is 70.5 Å². The molecule has 38 heavy (non-hydrogen) atoms. The molecule has 0 radical (unpaired) electrons. The fourth-order valence-corrected chi connectivity index (χ4v) is 4.50. The van der Waals surface area contributed by atoms with Crippen molar-refractivity contribution in [2.75, 3.05) is 42.3 Å². The molecule has 4 aromatic rings. The van der Waals surface area contributed by atoms with E-state index in [1.54, 1.807) is 11.6 Å². The van der Waals surface area contributed by atoms with E-state index in [1.165, 1.54) is 5.56 Å². The third-order valence-corrected chi connectivity index (χ3v) is 6.79. The lowest BCUT2D eigenvalue weighted by molar-refractivity contribution is -0.112. The summed E-state index contributed by atoms with van der Waals surface area (Å²) in [5.41, 5.74) is 6.74. The zero-order chi connectivity index (χ0) is 27.4. The van der Waals surface area contributed by atoms with Gasteiger partial charge in [-0.25, -0.2) is 4.98 Å². The zero-order valence-electron chi connectivity index (χ0n) is 22.9. The van der Waals surface area contributed by atoms with Crippen LogP contribution in [0.15, 0.2) is 72.8 Å². The van der Waals surface area contributed by atoms with Crippen LogP contribution in [0.4, 0.5) is 17.2 Å². The number of ketones is 1. The van der Waals surface area contributed by atoms with Gasteiger partial charge in [0.15, 0.2) is 0 Å². The number of hydrogen-bond donors (Lipinski definition) is 1. The quantitative estimate of drug-likeness (QED) is 0.241. The average Bonchev–Trinajstić information content (AvgIpc) is 3.20. The van der Waals surface area contributed by atoms with Crippen molar-refractivity contribution >= 4 is 28.9 Å². The van der Waals surface area contributed by atoms with Gasteiger partial charge in [0.05, 0.1) is 0 Å². The average molecular weight is 510 g/mol. The maximum Gasteiger partial charge on any atom is 0.298 e. The van der Waals surface area contributed by atoms with Gasteiger partial charge in [0, 0.05) is 62.6 Å². The molecule has 0 aliphatic carbocycles. The van der Waals surface area contributed by atoms with Crippen molar-refractivity contribution in [3.05, 3.63) is 95.4 Å². The number of benzene rings is 2. The van der Waals surface area contributed by atoms with Crippen LogP contribution >= 0.6 is 0 Å². The van der Waals surface area contributed by atoms with Crippen molar-refractivity contribution < 1.29 is 9.59 Å². The highest BCUT2D eigenvalue weighted by atomic mass is 16.2. The molecule has 7 nitrogen and oxygen atoms in total. The smallest absolute Gasteiger partial charge is 0.298 e. The van der Waals surface area contributed by atoms with Crippen LogP contribution in [0, 0.1) is 20.8 Å². The Kier molecular flexibility index (Phi) is 7.96. The van der Waals surface area contributed by atoms with Gasteiger partial charge in [-0.2, -0.15) is 0 Å². The summed E-state index contributed by atoms with van der Waals surface area (Å²) in [5.74, 6) is -0.266. The number of hydrogen-bond acceptors (Lipinski definition) is 5. The molecule has 0 unspecified atom stereocenters. The van der Waals surface area contributed by atoms with E-state index in [2.05, 4.69) is 39.2 Å². The second kappa shape index (κ2) is 11.3. The van der Waals surface area contributed by atoms with Crippen LogP contribution in [-0.2, 0) is 11.8 Å². The largest absolute Gasteiger partial charge is 0.373 e. The summed E-state index contributed by atoms with van der Waals surface area (Å²) >= 11 is 0. The number of aromatic nitrogens is 2. The van der Waals surface area contributed by atoms with E-state index in [0.717, 1.165) is 47.1 Å². The van der Waals surface area contributed by atoms with E-state index in [4.69, 9.17) is 0 Å². The highest BCUT2D eigenvalue weighted by molar-refractivity contribution is 6.47. The first-order valence-electron chi connectivity index (χ1n) is 12.7. The summed E-state index contributed by atoms with van der Waals surface area (Å²) in [4.78, 5) is 35.1. The third-order valence-electron chi connectivity index (χ3n) is 6.79. The van der Waals surface area contributed by atoms with Gasteiger partial charge in [0.1, 0.15) is 11.5 Å². The van der Waals surface area contributed by atoms with Gasteiger partial charge < -0.3 is 19.7 Å². The predicted octanol–water partition coefficient (Wildman–Crippen LogP) is 5.41. The number of aryl methyl sites for hydroxylation is 3. The molecule has 1 N–H and O–H groups in total. The van der Waals surface area contributed by atoms with Gasteiger partial charge in [0.2, 0.25) is 0 Å². The molecule has 0 saturated carbocycles. The summed E-state index contributed by atoms with van der Waals surface area (Å²) in [6.07, 6.45) is 0. The van der Waals surface area contributed by atoms with Crippen molar-refractivity contribution in [1.29, 1.82) is 0 Å². The molecular formula is C31H35N5O2. The van der Waals surface area contributed by atoms with Crippen molar-refractivity contribution in [2.24, 2.45) is 7.05 Å². The second-order valence-corrected chi connectivity index (χ2v) is 9.79. The molecule has 0 spiro atoms. The second-order valence-electron chi connectivity index (χ2n) is 9.79. The van der Waals surface area contributed by atoms with Gasteiger partial charge in [0.25, 0.3) is 11.7 Å². The summed E-state index contributed by atoms with van der Waals surface area (Å²) in [5, 5.41) is 2.77. The summed E-state index contributed by atoms with van der Waals surface area (Å²) in [6.45, 7) is 7.61. The number of anilines is 3. The summed E-state index contributed by atoms with van der Waals surface area (Å²) < 4.78 is 1.77. The Labute approximate surface area is 224 Å². The van der Waals surface area contributed by atoms with Crippen LogP contribution in [0.1, 0.15) is 27.4 Å². The molecule has 2 aromatic carbocycles. The van der Waals surface area contributed by atoms with Crippen LogP contribution < -0.4 is 15.1 Å². The van der Waals surface area contributed by atoms with Crippen molar-refractivity contribution in [1.82, 2.24) is 9.55 Å². The molecule has 0 aliphatic heterocycles. The van der Waals surface area contributed by atoms with Gasteiger partial charge in [-0.05, 0) is 74.4 Å². The molecular weight excluding hydrogens is 474 g/mol. The molecule has 2 heterocycles. The van der Waals surface area contributed by atoms with Crippen molar-refractivity contribution in [3.63, 3.8) is 0 Å².